The maximum absolute atomic E-state index is 14.5. The van der Waals surface area contributed by atoms with E-state index < -0.39 is 15.7 Å². The molecule has 0 amide bonds. The van der Waals surface area contributed by atoms with Crippen LogP contribution in [0.4, 0.5) is 10.2 Å². The fourth-order valence-corrected chi connectivity index (χ4v) is 5.73. The molecular formula is C21H22BrFN6O3S. The van der Waals surface area contributed by atoms with E-state index in [1.54, 1.807) is 6.33 Å². The van der Waals surface area contributed by atoms with Crippen LogP contribution in [0.15, 0.2) is 40.5 Å². The Bertz CT molecular complexity index is 1300. The largest absolute Gasteiger partial charge is 0.435 e. The molecule has 2 fully saturated rings. The third kappa shape index (κ3) is 4.21. The Labute approximate surface area is 199 Å². The highest BCUT2D eigenvalue weighted by molar-refractivity contribution is 9.10. The lowest BCUT2D eigenvalue weighted by atomic mass is 9.97. The highest BCUT2D eigenvalue weighted by atomic mass is 79.9. The van der Waals surface area contributed by atoms with Crippen LogP contribution in [0.5, 0.6) is 11.6 Å². The van der Waals surface area contributed by atoms with E-state index in [9.17, 15) is 12.8 Å². The Morgan fingerprint density at radius 2 is 1.85 bits per heavy atom. The summed E-state index contributed by atoms with van der Waals surface area (Å²) in [5.41, 5.74) is 0.711. The first-order chi connectivity index (χ1) is 15.7. The zero-order chi connectivity index (χ0) is 23.3. The molecule has 2 saturated heterocycles. The Morgan fingerprint density at radius 1 is 1.12 bits per heavy atom. The van der Waals surface area contributed by atoms with Crippen LogP contribution in [-0.4, -0.2) is 51.5 Å². The first-order valence-electron chi connectivity index (χ1n) is 10.5. The van der Waals surface area contributed by atoms with E-state index >= 15 is 0 Å². The molecule has 0 radical (unpaired) electrons. The van der Waals surface area contributed by atoms with Gasteiger partial charge in [0.15, 0.2) is 21.4 Å². The molecule has 1 aromatic carbocycles. The van der Waals surface area contributed by atoms with Crippen molar-refractivity contribution in [1.29, 1.82) is 0 Å². The summed E-state index contributed by atoms with van der Waals surface area (Å²) in [6, 6.07) is 4.44. The monoisotopic (exact) mass is 536 g/mol. The van der Waals surface area contributed by atoms with Crippen LogP contribution in [0.2, 0.25) is 0 Å². The van der Waals surface area contributed by atoms with Gasteiger partial charge in [0.25, 0.3) is 0 Å². The number of sulfone groups is 1. The molecule has 2 aliphatic rings. The van der Waals surface area contributed by atoms with E-state index in [0.717, 1.165) is 43.8 Å². The first kappa shape index (κ1) is 22.2. The minimum absolute atomic E-state index is 0.0893. The topological polar surface area (TPSA) is 103 Å². The second-order valence-electron chi connectivity index (χ2n) is 8.50. The highest BCUT2D eigenvalue weighted by Gasteiger charge is 2.43. The van der Waals surface area contributed by atoms with Crippen molar-refractivity contribution in [3.63, 3.8) is 0 Å². The van der Waals surface area contributed by atoms with Crippen LogP contribution in [0.3, 0.4) is 0 Å². The third-order valence-corrected chi connectivity index (χ3v) is 7.83. The molecule has 2 unspecified atom stereocenters. The summed E-state index contributed by atoms with van der Waals surface area (Å²) in [6.45, 7) is 1.85. The molecule has 3 aromatic rings. The molecule has 9 nitrogen and oxygen atoms in total. The smallest absolute Gasteiger partial charge is 0.227 e. The number of anilines is 1. The van der Waals surface area contributed by atoms with E-state index in [-0.39, 0.29) is 22.6 Å². The number of hydrogen-bond acceptors (Lipinski definition) is 8. The molecule has 33 heavy (non-hydrogen) atoms. The Morgan fingerprint density at radius 3 is 2.45 bits per heavy atom. The lowest BCUT2D eigenvalue weighted by Gasteiger charge is -2.40. The molecule has 0 aliphatic carbocycles. The third-order valence-electron chi connectivity index (χ3n) is 6.36. The molecular weight excluding hydrogens is 515 g/mol. The van der Waals surface area contributed by atoms with E-state index in [0.29, 0.717) is 22.4 Å². The van der Waals surface area contributed by atoms with Gasteiger partial charge in [-0.05, 0) is 66.7 Å². The summed E-state index contributed by atoms with van der Waals surface area (Å²) in [5.74, 6) is 0.164. The standard InChI is InChI=1S/C21H22BrFN6O3S/c1-12-19(29-13-3-4-14(29)8-15(7-13)28-11-26-21(22)27-28)24-10-25-20(12)32-18-6-5-16(9-17(18)23)33(2,30)31/h5-6,9-11,13-15H,3-4,7-8H2,1-2H3. The van der Waals surface area contributed by atoms with Crippen LogP contribution < -0.4 is 9.64 Å². The second kappa shape index (κ2) is 8.32. The van der Waals surface area contributed by atoms with Crippen molar-refractivity contribution in [3.05, 3.63) is 47.0 Å². The van der Waals surface area contributed by atoms with Crippen LogP contribution in [0.25, 0.3) is 0 Å². The number of piperidine rings is 1. The number of hydrogen-bond donors (Lipinski definition) is 0. The van der Waals surface area contributed by atoms with Gasteiger partial charge in [-0.1, -0.05) is 0 Å². The van der Waals surface area contributed by atoms with Gasteiger partial charge < -0.3 is 9.64 Å². The minimum Gasteiger partial charge on any atom is -0.435 e. The SMILES string of the molecule is Cc1c(Oc2ccc(S(C)(=O)=O)cc2F)ncnc1N1C2CCC1CC(n1cnc(Br)n1)C2. The highest BCUT2D eigenvalue weighted by Crippen LogP contribution is 2.44. The fraction of sp³-hybridized carbons (Fsp3) is 0.429. The second-order valence-corrected chi connectivity index (χ2v) is 11.2. The molecule has 0 spiro atoms. The summed E-state index contributed by atoms with van der Waals surface area (Å²) < 4.78 is 46.1. The van der Waals surface area contributed by atoms with Crippen LogP contribution in [0.1, 0.15) is 37.3 Å². The molecule has 0 N–H and O–H groups in total. The summed E-state index contributed by atoms with van der Waals surface area (Å²) in [6.07, 6.45) is 8.16. The fourth-order valence-electron chi connectivity index (χ4n) is 4.83. The van der Waals surface area contributed by atoms with Gasteiger partial charge in [0.1, 0.15) is 18.5 Å². The lowest BCUT2D eigenvalue weighted by molar-refractivity contribution is 0.311. The predicted molar refractivity (Wildman–Crippen MR) is 122 cm³/mol. The maximum atomic E-state index is 14.5. The minimum atomic E-state index is -3.51. The molecule has 174 valence electrons. The number of nitrogens with zero attached hydrogens (tertiary/aromatic N) is 6. The van der Waals surface area contributed by atoms with Crippen LogP contribution in [0, 0.1) is 12.7 Å². The Hall–Kier alpha value is -2.60. The van der Waals surface area contributed by atoms with Gasteiger partial charge in [-0.25, -0.2) is 32.4 Å². The molecule has 12 heteroatoms. The summed E-state index contributed by atoms with van der Waals surface area (Å²) in [5, 5.41) is 4.42. The zero-order valence-electron chi connectivity index (χ0n) is 18.0. The van der Waals surface area contributed by atoms with Gasteiger partial charge in [-0.2, -0.15) is 0 Å². The van der Waals surface area contributed by atoms with E-state index in [2.05, 4.69) is 40.9 Å². The summed E-state index contributed by atoms with van der Waals surface area (Å²) >= 11 is 3.32. The van der Waals surface area contributed by atoms with Crippen molar-refractivity contribution < 1.29 is 17.5 Å². The quantitative estimate of drug-likeness (QED) is 0.484. The zero-order valence-corrected chi connectivity index (χ0v) is 20.4. The first-order valence-corrected chi connectivity index (χ1v) is 13.2. The molecule has 2 aromatic heterocycles. The number of rotatable bonds is 5. The van der Waals surface area contributed by atoms with Gasteiger partial charge in [0.05, 0.1) is 16.5 Å². The van der Waals surface area contributed by atoms with Crippen molar-refractivity contribution in [2.45, 2.75) is 55.6 Å². The van der Waals surface area contributed by atoms with Crippen LogP contribution >= 0.6 is 15.9 Å². The van der Waals surface area contributed by atoms with Crippen molar-refractivity contribution in [3.8, 4) is 11.6 Å². The normalized spacial score (nSPS) is 22.5. The predicted octanol–water partition coefficient (Wildman–Crippen LogP) is 3.85. The van der Waals surface area contributed by atoms with Crippen molar-refractivity contribution in [2.24, 2.45) is 0 Å². The Balaban J connectivity index is 1.40. The molecule has 2 aliphatic heterocycles. The Kier molecular flexibility index (Phi) is 5.60. The molecule has 2 atom stereocenters. The van der Waals surface area contributed by atoms with E-state index in [1.807, 2.05) is 11.6 Å². The van der Waals surface area contributed by atoms with Gasteiger partial charge >= 0.3 is 0 Å². The maximum Gasteiger partial charge on any atom is 0.227 e. The van der Waals surface area contributed by atoms with Gasteiger partial charge in [0.2, 0.25) is 10.6 Å². The number of halogens is 2. The molecule has 4 heterocycles. The van der Waals surface area contributed by atoms with E-state index in [1.165, 1.54) is 18.5 Å². The number of benzene rings is 1. The number of aromatic nitrogens is 5. The average molecular weight is 537 g/mol. The van der Waals surface area contributed by atoms with Crippen molar-refractivity contribution in [1.82, 2.24) is 24.7 Å². The van der Waals surface area contributed by atoms with Crippen molar-refractivity contribution >= 4 is 31.6 Å². The molecule has 5 rings (SSSR count). The van der Waals surface area contributed by atoms with Crippen LogP contribution in [-0.2, 0) is 9.84 Å². The molecule has 2 bridgehead atoms. The number of fused-ring (bicyclic) bond motifs is 2. The van der Waals surface area contributed by atoms with Gasteiger partial charge in [0, 0.05) is 18.3 Å². The van der Waals surface area contributed by atoms with Gasteiger partial charge in [-0.3, -0.25) is 0 Å². The van der Waals surface area contributed by atoms with E-state index in [4.69, 9.17) is 4.74 Å². The lowest BCUT2D eigenvalue weighted by Crippen LogP contribution is -2.44. The molecule has 0 saturated carbocycles. The van der Waals surface area contributed by atoms with Gasteiger partial charge in [-0.15, -0.1) is 5.10 Å². The average Bonchev–Trinajstić information content (AvgIpc) is 3.30. The van der Waals surface area contributed by atoms with Crippen molar-refractivity contribution in [2.75, 3.05) is 11.2 Å². The summed E-state index contributed by atoms with van der Waals surface area (Å²) in [4.78, 5) is 15.1. The summed E-state index contributed by atoms with van der Waals surface area (Å²) in [7, 11) is -3.51. The number of ether oxygens (including phenoxy) is 1.